The maximum Gasteiger partial charge on any atom is 0.384 e. The fourth-order valence-electron chi connectivity index (χ4n) is 0.922. The molecule has 0 radical (unpaired) electrons. The van der Waals surface area contributed by atoms with Gasteiger partial charge in [-0.1, -0.05) is 24.1 Å². The highest BCUT2D eigenvalue weighted by molar-refractivity contribution is 5.88. The third-order valence-corrected chi connectivity index (χ3v) is 1.61. The van der Waals surface area contributed by atoms with Gasteiger partial charge < -0.3 is 9.47 Å². The number of ether oxygens (including phenoxy) is 2. The summed E-state index contributed by atoms with van der Waals surface area (Å²) in [4.78, 5) is 10.6. The number of carbonyl (C=O) groups is 1. The summed E-state index contributed by atoms with van der Waals surface area (Å²) in [6.07, 6.45) is 0.504. The van der Waals surface area contributed by atoms with Crippen LogP contribution >= 0.6 is 0 Å². The molecule has 0 spiro atoms. The number of para-hydroxylation sites is 1. The number of rotatable bonds is 3. The summed E-state index contributed by atoms with van der Waals surface area (Å²) in [5.41, 5.74) is 0. The van der Waals surface area contributed by atoms with Crippen LogP contribution in [0.5, 0.6) is 5.75 Å². The molecule has 0 unspecified atom stereocenters. The van der Waals surface area contributed by atoms with Crippen molar-refractivity contribution in [1.82, 2.24) is 0 Å². The van der Waals surface area contributed by atoms with E-state index in [1.807, 2.05) is 30.3 Å². The number of hydrogen-bond acceptors (Lipinski definition) is 3. The van der Waals surface area contributed by atoms with Crippen LogP contribution in [0.2, 0.25) is 0 Å². The summed E-state index contributed by atoms with van der Waals surface area (Å²) in [6.45, 7) is 0.466. The smallest absolute Gasteiger partial charge is 0.384 e. The topological polar surface area (TPSA) is 35.5 Å². The molecule has 3 heteroatoms. The summed E-state index contributed by atoms with van der Waals surface area (Å²) in [7, 11) is 1.30. The zero-order valence-corrected chi connectivity index (χ0v) is 8.53. The molecule has 0 aliphatic carbocycles. The Bertz CT molecular complexity index is 359. The molecule has 0 bridgehead atoms. The monoisotopic (exact) mass is 204 g/mol. The summed E-state index contributed by atoms with van der Waals surface area (Å²) in [5, 5.41) is 0. The average molecular weight is 204 g/mol. The first kappa shape index (κ1) is 11.1. The summed E-state index contributed by atoms with van der Waals surface area (Å²) < 4.78 is 9.73. The van der Waals surface area contributed by atoms with Gasteiger partial charge in [0.15, 0.2) is 0 Å². The van der Waals surface area contributed by atoms with E-state index in [4.69, 9.17) is 4.74 Å². The van der Waals surface area contributed by atoms with Crippen molar-refractivity contribution in [2.75, 3.05) is 13.7 Å². The van der Waals surface area contributed by atoms with E-state index in [9.17, 15) is 4.79 Å². The lowest BCUT2D eigenvalue weighted by molar-refractivity contribution is -0.133. The molecule has 0 N–H and O–H groups in total. The van der Waals surface area contributed by atoms with E-state index in [1.54, 1.807) is 0 Å². The van der Waals surface area contributed by atoms with Crippen LogP contribution in [0.25, 0.3) is 0 Å². The Morgan fingerprint density at radius 1 is 1.33 bits per heavy atom. The van der Waals surface area contributed by atoms with Crippen molar-refractivity contribution < 1.29 is 14.3 Å². The van der Waals surface area contributed by atoms with Crippen molar-refractivity contribution >= 4 is 5.97 Å². The minimum atomic E-state index is -0.519. The summed E-state index contributed by atoms with van der Waals surface area (Å²) in [5.74, 6) is 5.27. The summed E-state index contributed by atoms with van der Waals surface area (Å²) in [6, 6.07) is 9.45. The Labute approximate surface area is 89.0 Å². The molecule has 1 aromatic rings. The van der Waals surface area contributed by atoms with Gasteiger partial charge >= 0.3 is 5.97 Å². The molecule has 0 aromatic heterocycles. The number of hydrogen-bond donors (Lipinski definition) is 0. The van der Waals surface area contributed by atoms with Crippen LogP contribution in [-0.2, 0) is 9.53 Å². The second-order valence-corrected chi connectivity index (χ2v) is 2.70. The van der Waals surface area contributed by atoms with Crippen LogP contribution in [0.15, 0.2) is 30.3 Å². The van der Waals surface area contributed by atoms with E-state index in [1.165, 1.54) is 7.11 Å². The average Bonchev–Trinajstić information content (AvgIpc) is 2.29. The fraction of sp³-hybridized carbons (Fsp3) is 0.250. The maximum atomic E-state index is 10.6. The first-order valence-corrected chi connectivity index (χ1v) is 4.57. The van der Waals surface area contributed by atoms with Gasteiger partial charge in [0.1, 0.15) is 5.75 Å². The molecule has 0 saturated carbocycles. The van der Waals surface area contributed by atoms with Crippen molar-refractivity contribution in [3.63, 3.8) is 0 Å². The van der Waals surface area contributed by atoms with Gasteiger partial charge in [0, 0.05) is 12.3 Å². The molecule has 15 heavy (non-hydrogen) atoms. The Hall–Kier alpha value is -1.95. The van der Waals surface area contributed by atoms with Gasteiger partial charge in [0.2, 0.25) is 0 Å². The molecule has 0 fully saturated rings. The van der Waals surface area contributed by atoms with E-state index in [2.05, 4.69) is 16.6 Å². The van der Waals surface area contributed by atoms with Crippen molar-refractivity contribution in [1.29, 1.82) is 0 Å². The van der Waals surface area contributed by atoms with Gasteiger partial charge in [-0.25, -0.2) is 4.79 Å². The van der Waals surface area contributed by atoms with E-state index in [0.29, 0.717) is 13.0 Å². The minimum Gasteiger partial charge on any atom is -0.493 e. The van der Waals surface area contributed by atoms with E-state index < -0.39 is 5.97 Å². The predicted molar refractivity (Wildman–Crippen MR) is 56.3 cm³/mol. The maximum absolute atomic E-state index is 10.6. The molecule has 1 aromatic carbocycles. The minimum absolute atomic E-state index is 0.466. The molecule has 3 nitrogen and oxygen atoms in total. The second-order valence-electron chi connectivity index (χ2n) is 2.70. The highest BCUT2D eigenvalue weighted by atomic mass is 16.5. The fourth-order valence-corrected chi connectivity index (χ4v) is 0.922. The van der Waals surface area contributed by atoms with Crippen LogP contribution in [0.4, 0.5) is 0 Å². The third-order valence-electron chi connectivity index (χ3n) is 1.61. The highest BCUT2D eigenvalue weighted by Crippen LogP contribution is 2.07. The number of esters is 1. The number of benzene rings is 1. The zero-order chi connectivity index (χ0) is 10.9. The molecule has 0 aliphatic rings. The van der Waals surface area contributed by atoms with Crippen LogP contribution in [0, 0.1) is 11.8 Å². The molecular formula is C12H12O3. The van der Waals surface area contributed by atoms with E-state index >= 15 is 0 Å². The molecule has 78 valence electrons. The Kier molecular flexibility index (Phi) is 4.82. The van der Waals surface area contributed by atoms with Crippen molar-refractivity contribution in [3.8, 4) is 17.6 Å². The lowest BCUT2D eigenvalue weighted by Crippen LogP contribution is -1.97. The Morgan fingerprint density at radius 3 is 2.73 bits per heavy atom. The van der Waals surface area contributed by atoms with E-state index in [-0.39, 0.29) is 0 Å². The Balaban J connectivity index is 2.22. The van der Waals surface area contributed by atoms with Crippen molar-refractivity contribution in [3.05, 3.63) is 30.3 Å². The quantitative estimate of drug-likeness (QED) is 0.325. The van der Waals surface area contributed by atoms with Gasteiger partial charge in [-0.3, -0.25) is 0 Å². The van der Waals surface area contributed by atoms with Gasteiger partial charge in [-0.2, -0.15) is 0 Å². The number of methoxy groups -OCH3 is 1. The van der Waals surface area contributed by atoms with Crippen LogP contribution in [0.1, 0.15) is 6.42 Å². The first-order chi connectivity index (χ1) is 7.33. The lowest BCUT2D eigenvalue weighted by Gasteiger charge is -2.01. The van der Waals surface area contributed by atoms with Gasteiger partial charge in [-0.05, 0) is 12.1 Å². The molecule has 1 rings (SSSR count). The molecule has 0 amide bonds. The lowest BCUT2D eigenvalue weighted by atomic mass is 10.3. The van der Waals surface area contributed by atoms with Gasteiger partial charge in [-0.15, -0.1) is 0 Å². The predicted octanol–water partition coefficient (Wildman–Crippen LogP) is 1.63. The van der Waals surface area contributed by atoms with Gasteiger partial charge in [0.25, 0.3) is 0 Å². The van der Waals surface area contributed by atoms with E-state index in [0.717, 1.165) is 5.75 Å². The third kappa shape index (κ3) is 4.72. The van der Waals surface area contributed by atoms with Crippen molar-refractivity contribution in [2.24, 2.45) is 0 Å². The van der Waals surface area contributed by atoms with Crippen LogP contribution in [-0.4, -0.2) is 19.7 Å². The first-order valence-electron chi connectivity index (χ1n) is 4.57. The van der Waals surface area contributed by atoms with Crippen LogP contribution < -0.4 is 4.74 Å². The molecule has 0 atom stereocenters. The second kappa shape index (κ2) is 6.50. The molecule has 0 saturated heterocycles. The van der Waals surface area contributed by atoms with Crippen LogP contribution in [0.3, 0.4) is 0 Å². The standard InChI is InChI=1S/C12H12O3/c1-14-12(13)9-5-6-10-15-11-7-3-2-4-8-11/h2-4,7-8H,6,10H2,1H3. The summed E-state index contributed by atoms with van der Waals surface area (Å²) >= 11 is 0. The Morgan fingerprint density at radius 2 is 2.07 bits per heavy atom. The molecule has 0 aliphatic heterocycles. The van der Waals surface area contributed by atoms with Gasteiger partial charge in [0.05, 0.1) is 13.7 Å². The van der Waals surface area contributed by atoms with Crippen molar-refractivity contribution in [2.45, 2.75) is 6.42 Å². The largest absolute Gasteiger partial charge is 0.493 e. The molecular weight excluding hydrogens is 192 g/mol. The SMILES string of the molecule is COC(=O)C#CCCOc1ccccc1. The number of carbonyl (C=O) groups excluding carboxylic acids is 1. The molecule has 0 heterocycles. The zero-order valence-electron chi connectivity index (χ0n) is 8.53. The normalized spacial score (nSPS) is 8.60. The highest BCUT2D eigenvalue weighted by Gasteiger charge is 1.90.